The van der Waals surface area contributed by atoms with E-state index < -0.39 is 6.09 Å². The van der Waals surface area contributed by atoms with Crippen molar-refractivity contribution in [2.45, 2.75) is 45.4 Å². The van der Waals surface area contributed by atoms with Gasteiger partial charge in [-0.15, -0.1) is 0 Å². The molecule has 0 heterocycles. The van der Waals surface area contributed by atoms with Crippen LogP contribution in [0.3, 0.4) is 0 Å². The van der Waals surface area contributed by atoms with Gasteiger partial charge in [-0.2, -0.15) is 0 Å². The first-order valence-corrected chi connectivity index (χ1v) is 22.8. The molecule has 1 N–H and O–H groups in total. The minimum atomic E-state index is -0.456. The van der Waals surface area contributed by atoms with Gasteiger partial charge in [0.25, 0.3) is 0 Å². The Balaban J connectivity index is 0.925. The van der Waals surface area contributed by atoms with Crippen molar-refractivity contribution in [3.8, 4) is 11.1 Å². The highest BCUT2D eigenvalue weighted by Gasteiger charge is 2.29. The molecule has 0 aliphatic heterocycles. The lowest BCUT2D eigenvalue weighted by Crippen LogP contribution is -2.29. The van der Waals surface area contributed by atoms with Crippen molar-refractivity contribution in [1.82, 2.24) is 5.32 Å². The van der Waals surface area contributed by atoms with Crippen LogP contribution in [0.5, 0.6) is 0 Å². The molecule has 1 aliphatic rings. The molecule has 0 spiro atoms. The quantitative estimate of drug-likeness (QED) is 0.0658. The van der Waals surface area contributed by atoms with Crippen molar-refractivity contribution < 1.29 is 71.2 Å². The van der Waals surface area contributed by atoms with Gasteiger partial charge in [0.1, 0.15) is 13.2 Å². The number of ether oxygens (including phenoxy) is 13. The van der Waals surface area contributed by atoms with Gasteiger partial charge in [0.05, 0.1) is 151 Å². The van der Waals surface area contributed by atoms with Crippen LogP contribution in [0.1, 0.15) is 56.6 Å². The third-order valence-corrected chi connectivity index (χ3v) is 9.78. The fourth-order valence-electron chi connectivity index (χ4n) is 6.43. The molecule has 358 valence electrons. The second-order valence-corrected chi connectivity index (χ2v) is 14.4. The van der Waals surface area contributed by atoms with E-state index in [4.69, 9.17) is 61.6 Å². The molecule has 1 atom stereocenters. The highest BCUT2D eigenvalue weighted by Crippen LogP contribution is 2.44. The Morgan fingerprint density at radius 1 is 0.476 bits per heavy atom. The van der Waals surface area contributed by atoms with Crippen molar-refractivity contribution in [2.24, 2.45) is 5.92 Å². The number of esters is 1. The summed E-state index contributed by atoms with van der Waals surface area (Å²) in [4.78, 5) is 24.3. The summed E-state index contributed by atoms with van der Waals surface area (Å²) in [6.07, 6.45) is 3.36. The van der Waals surface area contributed by atoms with Gasteiger partial charge in [0.15, 0.2) is 0 Å². The second-order valence-electron chi connectivity index (χ2n) is 14.4. The number of benzene rings is 2. The average Bonchev–Trinajstić information content (AvgIpc) is 3.62. The van der Waals surface area contributed by atoms with E-state index in [-0.39, 0.29) is 31.0 Å². The van der Waals surface area contributed by atoms with Gasteiger partial charge in [0.2, 0.25) is 0 Å². The first kappa shape index (κ1) is 54.1. The molecule has 63 heavy (non-hydrogen) atoms. The molecule has 0 saturated heterocycles. The summed E-state index contributed by atoms with van der Waals surface area (Å²) in [6, 6.07) is 16.5. The zero-order valence-corrected chi connectivity index (χ0v) is 37.9. The van der Waals surface area contributed by atoms with Gasteiger partial charge >= 0.3 is 12.1 Å². The van der Waals surface area contributed by atoms with Crippen molar-refractivity contribution in [3.05, 3.63) is 59.7 Å². The molecular weight excluding hydrogens is 819 g/mol. The predicted octanol–water partition coefficient (Wildman–Crippen LogP) is 5.47. The standard InChI is InChI=1S/C47H75NO15/c1-3-5-10-40(4-2)46(49)62-38-37-61-36-35-60-34-33-59-32-31-58-30-29-57-28-27-56-26-25-55-24-23-54-22-21-53-20-19-52-18-17-51-16-15-48-47(50)63-39-45-43-13-8-6-11-41(43)42-12-7-9-14-44(42)45/h6-9,11-14,40,45H,3-5,10,15-39H2,1-2H3,(H,48,50). The molecule has 16 nitrogen and oxygen atoms in total. The van der Waals surface area contributed by atoms with Gasteiger partial charge in [0, 0.05) is 12.5 Å². The number of nitrogens with one attached hydrogen (secondary N) is 1. The number of hydrogen-bond acceptors (Lipinski definition) is 15. The number of carbonyl (C=O) groups excluding carboxylic acids is 2. The molecule has 2 aromatic carbocycles. The molecular formula is C47H75NO15. The summed E-state index contributed by atoms with van der Waals surface area (Å²) in [5.74, 6) is -0.104. The van der Waals surface area contributed by atoms with Crippen molar-refractivity contribution in [2.75, 3.05) is 165 Å². The van der Waals surface area contributed by atoms with Crippen molar-refractivity contribution in [3.63, 3.8) is 0 Å². The first-order chi connectivity index (χ1) is 31.2. The predicted molar refractivity (Wildman–Crippen MR) is 236 cm³/mol. The molecule has 16 heteroatoms. The van der Waals surface area contributed by atoms with Crippen molar-refractivity contribution >= 4 is 12.1 Å². The Kier molecular flexibility index (Phi) is 32.7. The van der Waals surface area contributed by atoms with Crippen LogP contribution in [0.25, 0.3) is 11.1 Å². The molecule has 1 aliphatic carbocycles. The lowest BCUT2D eigenvalue weighted by atomic mass is 9.98. The molecule has 0 fully saturated rings. The Morgan fingerprint density at radius 3 is 1.19 bits per heavy atom. The highest BCUT2D eigenvalue weighted by molar-refractivity contribution is 5.79. The van der Waals surface area contributed by atoms with E-state index >= 15 is 0 Å². The molecule has 0 aromatic heterocycles. The molecule has 2 aromatic rings. The number of carbonyl (C=O) groups is 2. The summed E-state index contributed by atoms with van der Waals surface area (Å²) >= 11 is 0. The fraction of sp³-hybridized carbons (Fsp3) is 0.702. The minimum Gasteiger partial charge on any atom is -0.463 e. The summed E-state index contributed by atoms with van der Waals surface area (Å²) in [6.45, 7) is 15.2. The van der Waals surface area contributed by atoms with E-state index in [2.05, 4.69) is 36.5 Å². The van der Waals surface area contributed by atoms with Crippen LogP contribution in [-0.4, -0.2) is 177 Å². The monoisotopic (exact) mass is 894 g/mol. The zero-order valence-electron chi connectivity index (χ0n) is 37.9. The minimum absolute atomic E-state index is 0.0108. The Hall–Kier alpha value is -3.26. The molecule has 1 amide bonds. The van der Waals surface area contributed by atoms with Gasteiger partial charge in [-0.1, -0.05) is 75.2 Å². The SMILES string of the molecule is CCCCC(CC)C(=O)OCCOCCOCCOCCOCCOCCOCCOCCOCCOCCOCCOCCNC(=O)OCC1c2ccccc2-c2ccccc21. The normalized spacial score (nSPS) is 12.6. The number of amides is 1. The van der Waals surface area contributed by atoms with E-state index in [1.165, 1.54) is 22.3 Å². The summed E-state index contributed by atoms with van der Waals surface area (Å²) in [5.41, 5.74) is 4.76. The van der Waals surface area contributed by atoms with Gasteiger partial charge in [-0.05, 0) is 35.1 Å². The third-order valence-electron chi connectivity index (χ3n) is 9.78. The van der Waals surface area contributed by atoms with E-state index in [9.17, 15) is 9.59 Å². The van der Waals surface area contributed by atoms with Crippen LogP contribution in [-0.2, 0) is 66.4 Å². The topological polar surface area (TPSA) is 166 Å². The zero-order chi connectivity index (χ0) is 44.7. The maximum Gasteiger partial charge on any atom is 0.407 e. The van der Waals surface area contributed by atoms with Crippen LogP contribution in [0.15, 0.2) is 48.5 Å². The summed E-state index contributed by atoms with van der Waals surface area (Å²) in [7, 11) is 0. The van der Waals surface area contributed by atoms with Crippen molar-refractivity contribution in [1.29, 1.82) is 0 Å². The van der Waals surface area contributed by atoms with Crippen LogP contribution < -0.4 is 5.32 Å². The van der Waals surface area contributed by atoms with Gasteiger partial charge in [-0.25, -0.2) is 4.79 Å². The number of hydrogen-bond donors (Lipinski definition) is 1. The first-order valence-electron chi connectivity index (χ1n) is 22.8. The number of alkyl carbamates (subject to hydrolysis) is 1. The Labute approximate surface area is 375 Å². The van der Waals surface area contributed by atoms with Crippen LogP contribution in [0, 0.1) is 5.92 Å². The van der Waals surface area contributed by atoms with E-state index in [1.54, 1.807) is 0 Å². The molecule has 3 rings (SSSR count). The number of rotatable bonds is 43. The number of fused-ring (bicyclic) bond motifs is 3. The third kappa shape index (κ3) is 25.7. The maximum absolute atomic E-state index is 12.3. The molecule has 1 unspecified atom stereocenters. The van der Waals surface area contributed by atoms with E-state index in [0.717, 1.165) is 25.7 Å². The highest BCUT2D eigenvalue weighted by atomic mass is 16.6. The average molecular weight is 894 g/mol. The van der Waals surface area contributed by atoms with Gasteiger partial charge < -0.3 is 66.9 Å². The lowest BCUT2D eigenvalue weighted by Gasteiger charge is -2.14. The summed E-state index contributed by atoms with van der Waals surface area (Å²) in [5, 5.41) is 2.74. The van der Waals surface area contributed by atoms with E-state index in [0.29, 0.717) is 152 Å². The lowest BCUT2D eigenvalue weighted by molar-refractivity contribution is -0.150. The largest absolute Gasteiger partial charge is 0.463 e. The van der Waals surface area contributed by atoms with Crippen LogP contribution >= 0.6 is 0 Å². The molecule has 0 radical (unpaired) electrons. The molecule has 0 bridgehead atoms. The molecule has 0 saturated carbocycles. The van der Waals surface area contributed by atoms with Gasteiger partial charge in [-0.3, -0.25) is 4.79 Å². The number of unbranched alkanes of at least 4 members (excludes halogenated alkanes) is 1. The Bertz CT molecular complexity index is 1370. The summed E-state index contributed by atoms with van der Waals surface area (Å²) < 4.78 is 71.4. The fourth-order valence-corrected chi connectivity index (χ4v) is 6.43. The smallest absolute Gasteiger partial charge is 0.407 e. The van der Waals surface area contributed by atoms with Crippen LogP contribution in [0.2, 0.25) is 0 Å². The Morgan fingerprint density at radius 2 is 0.825 bits per heavy atom. The maximum atomic E-state index is 12.3. The second kappa shape index (κ2) is 38.1. The van der Waals surface area contributed by atoms with Crippen LogP contribution in [0.4, 0.5) is 4.79 Å². The van der Waals surface area contributed by atoms with E-state index in [1.807, 2.05) is 31.2 Å².